The van der Waals surface area contributed by atoms with Crippen molar-refractivity contribution in [3.8, 4) is 0 Å². The Morgan fingerprint density at radius 3 is 1.71 bits per heavy atom. The molecule has 0 saturated heterocycles. The van der Waals surface area contributed by atoms with Crippen LogP contribution < -0.4 is 16.0 Å². The molecule has 5 heteroatoms. The molecule has 2 fully saturated rings. The largest absolute Gasteiger partial charge is 0.353 e. The molecule has 0 heterocycles. The van der Waals surface area contributed by atoms with Gasteiger partial charge in [0, 0.05) is 17.8 Å². The Morgan fingerprint density at radius 2 is 1.16 bits per heavy atom. The Hall–Kier alpha value is -2.82. The third kappa shape index (κ3) is 7.12. The third-order valence-corrected chi connectivity index (χ3v) is 6.13. The van der Waals surface area contributed by atoms with Gasteiger partial charge in [0.25, 0.3) is 0 Å². The molecule has 0 unspecified atom stereocenters. The number of para-hydroxylation sites is 2. The molecule has 0 radical (unpaired) electrons. The molecular formula is C26H35N5. The summed E-state index contributed by atoms with van der Waals surface area (Å²) in [6, 6.07) is 21.1. The molecule has 4 rings (SSSR count). The van der Waals surface area contributed by atoms with Crippen molar-refractivity contribution in [2.75, 3.05) is 5.32 Å². The molecule has 3 N–H and O–H groups in total. The summed E-state index contributed by atoms with van der Waals surface area (Å²) in [7, 11) is 0. The predicted molar refractivity (Wildman–Crippen MR) is 131 cm³/mol. The van der Waals surface area contributed by atoms with Crippen LogP contribution in [0.5, 0.6) is 0 Å². The van der Waals surface area contributed by atoms with E-state index in [1.54, 1.807) is 0 Å². The van der Waals surface area contributed by atoms with Gasteiger partial charge >= 0.3 is 0 Å². The minimum absolute atomic E-state index is 0.485. The number of hydrogen-bond donors (Lipinski definition) is 3. The van der Waals surface area contributed by atoms with Gasteiger partial charge in [-0.3, -0.25) is 0 Å². The summed E-state index contributed by atoms with van der Waals surface area (Å²) in [5.74, 6) is 1.45. The van der Waals surface area contributed by atoms with E-state index < -0.39 is 0 Å². The number of guanidine groups is 2. The van der Waals surface area contributed by atoms with Gasteiger partial charge in [0.05, 0.1) is 5.69 Å². The maximum Gasteiger partial charge on any atom is 0.230 e. The summed E-state index contributed by atoms with van der Waals surface area (Å²) in [4.78, 5) is 9.81. The van der Waals surface area contributed by atoms with Crippen LogP contribution in [0.2, 0.25) is 0 Å². The van der Waals surface area contributed by atoms with E-state index in [1.165, 1.54) is 64.2 Å². The van der Waals surface area contributed by atoms with Gasteiger partial charge in [-0.05, 0) is 49.9 Å². The van der Waals surface area contributed by atoms with Crippen LogP contribution in [0.3, 0.4) is 0 Å². The van der Waals surface area contributed by atoms with Crippen molar-refractivity contribution in [3.63, 3.8) is 0 Å². The zero-order valence-electron chi connectivity index (χ0n) is 18.4. The molecule has 2 aliphatic carbocycles. The van der Waals surface area contributed by atoms with Crippen molar-refractivity contribution in [1.82, 2.24) is 10.6 Å². The molecule has 5 nitrogen and oxygen atoms in total. The highest BCUT2D eigenvalue weighted by atomic mass is 15.3. The quantitative estimate of drug-likeness (QED) is 0.423. The van der Waals surface area contributed by atoms with Crippen LogP contribution in [-0.2, 0) is 0 Å². The standard InChI is InChI=1S/C26H35N5/c1-5-13-21(14-6-1)27-25(28-22-15-7-2-8-16-22)31-26(29-23-17-9-3-10-18-23)30-24-19-11-4-12-20-24/h1-2,5-8,13-16,23-24H,3-4,9-12,17-20H2,(H3,27,28,29,30,31). The van der Waals surface area contributed by atoms with Crippen molar-refractivity contribution in [3.05, 3.63) is 60.7 Å². The zero-order chi connectivity index (χ0) is 21.1. The van der Waals surface area contributed by atoms with Crippen LogP contribution in [0.4, 0.5) is 11.4 Å². The van der Waals surface area contributed by atoms with Crippen LogP contribution in [0.15, 0.2) is 70.6 Å². The molecule has 0 amide bonds. The summed E-state index contributed by atoms with van der Waals surface area (Å²) >= 11 is 0. The van der Waals surface area contributed by atoms with Gasteiger partial charge < -0.3 is 16.0 Å². The highest BCUT2D eigenvalue weighted by Gasteiger charge is 2.19. The Bertz CT molecular complexity index is 813. The number of benzene rings is 2. The van der Waals surface area contributed by atoms with Crippen LogP contribution in [-0.4, -0.2) is 24.0 Å². The van der Waals surface area contributed by atoms with Gasteiger partial charge in [0.15, 0.2) is 5.96 Å². The number of aliphatic imine (C=N–C) groups is 2. The topological polar surface area (TPSA) is 60.8 Å². The molecule has 2 aromatic rings. The van der Waals surface area contributed by atoms with E-state index in [4.69, 9.17) is 9.98 Å². The van der Waals surface area contributed by atoms with E-state index in [2.05, 4.69) is 16.0 Å². The summed E-state index contributed by atoms with van der Waals surface area (Å²) in [6.07, 6.45) is 12.7. The molecule has 2 aliphatic rings. The van der Waals surface area contributed by atoms with Crippen molar-refractivity contribution < 1.29 is 0 Å². The molecular weight excluding hydrogens is 382 g/mol. The van der Waals surface area contributed by atoms with Crippen LogP contribution in [0, 0.1) is 0 Å². The Morgan fingerprint density at radius 1 is 0.645 bits per heavy atom. The second-order valence-electron chi connectivity index (χ2n) is 8.68. The fraction of sp³-hybridized carbons (Fsp3) is 0.462. The maximum atomic E-state index is 4.99. The Labute approximate surface area is 186 Å². The Kier molecular flexibility index (Phi) is 7.97. The molecule has 0 bridgehead atoms. The summed E-state index contributed by atoms with van der Waals surface area (Å²) in [5.41, 5.74) is 1.87. The average Bonchev–Trinajstić information content (AvgIpc) is 2.82. The second-order valence-corrected chi connectivity index (χ2v) is 8.68. The minimum atomic E-state index is 0.485. The number of nitrogens with zero attached hydrogens (tertiary/aromatic N) is 2. The van der Waals surface area contributed by atoms with E-state index in [0.29, 0.717) is 18.0 Å². The van der Waals surface area contributed by atoms with E-state index in [1.807, 2.05) is 60.7 Å². The molecule has 0 atom stereocenters. The molecule has 0 aromatic heterocycles. The lowest BCUT2D eigenvalue weighted by Gasteiger charge is -2.29. The van der Waals surface area contributed by atoms with E-state index >= 15 is 0 Å². The van der Waals surface area contributed by atoms with Gasteiger partial charge in [-0.25, -0.2) is 4.99 Å². The van der Waals surface area contributed by atoms with Crippen LogP contribution >= 0.6 is 0 Å². The normalized spacial score (nSPS) is 18.3. The first-order chi connectivity index (χ1) is 15.3. The monoisotopic (exact) mass is 417 g/mol. The highest BCUT2D eigenvalue weighted by molar-refractivity contribution is 6.03. The fourth-order valence-corrected chi connectivity index (χ4v) is 4.45. The van der Waals surface area contributed by atoms with E-state index in [0.717, 1.165) is 17.3 Å². The van der Waals surface area contributed by atoms with Crippen molar-refractivity contribution in [2.24, 2.45) is 9.98 Å². The molecule has 31 heavy (non-hydrogen) atoms. The maximum absolute atomic E-state index is 4.99. The lowest BCUT2D eigenvalue weighted by molar-refractivity contribution is 0.389. The van der Waals surface area contributed by atoms with Gasteiger partial charge in [-0.1, -0.05) is 74.9 Å². The summed E-state index contributed by atoms with van der Waals surface area (Å²) < 4.78 is 0. The first-order valence-electron chi connectivity index (χ1n) is 11.9. The van der Waals surface area contributed by atoms with Crippen LogP contribution in [0.25, 0.3) is 0 Å². The zero-order valence-corrected chi connectivity index (χ0v) is 18.4. The van der Waals surface area contributed by atoms with Gasteiger partial charge in [-0.15, -0.1) is 0 Å². The predicted octanol–water partition coefficient (Wildman–Crippen LogP) is 5.99. The molecule has 2 aromatic carbocycles. The SMILES string of the molecule is c1ccc(/N=C(\N=C(NC2CCCCC2)NC2CCCCC2)Nc2ccccc2)cc1. The highest BCUT2D eigenvalue weighted by Crippen LogP contribution is 2.20. The molecule has 164 valence electrons. The lowest BCUT2D eigenvalue weighted by Crippen LogP contribution is -2.49. The first kappa shape index (κ1) is 21.4. The van der Waals surface area contributed by atoms with Crippen molar-refractivity contribution in [1.29, 1.82) is 0 Å². The molecule has 0 spiro atoms. The number of anilines is 1. The molecule has 2 saturated carbocycles. The van der Waals surface area contributed by atoms with Gasteiger partial charge in [0.1, 0.15) is 0 Å². The second kappa shape index (κ2) is 11.5. The first-order valence-corrected chi connectivity index (χ1v) is 11.9. The number of nitrogens with one attached hydrogen (secondary N) is 3. The van der Waals surface area contributed by atoms with Gasteiger partial charge in [0.2, 0.25) is 5.96 Å². The Balaban J connectivity index is 1.59. The van der Waals surface area contributed by atoms with Gasteiger partial charge in [-0.2, -0.15) is 4.99 Å². The lowest BCUT2D eigenvalue weighted by atomic mass is 9.95. The summed E-state index contributed by atoms with van der Waals surface area (Å²) in [5, 5.41) is 10.9. The fourth-order valence-electron chi connectivity index (χ4n) is 4.45. The van der Waals surface area contributed by atoms with Crippen molar-refractivity contribution in [2.45, 2.75) is 76.3 Å². The third-order valence-electron chi connectivity index (χ3n) is 6.13. The van der Waals surface area contributed by atoms with Crippen LogP contribution in [0.1, 0.15) is 64.2 Å². The summed E-state index contributed by atoms with van der Waals surface area (Å²) in [6.45, 7) is 0. The van der Waals surface area contributed by atoms with E-state index in [-0.39, 0.29) is 0 Å². The molecule has 0 aliphatic heterocycles. The smallest absolute Gasteiger partial charge is 0.230 e. The minimum Gasteiger partial charge on any atom is -0.353 e. The average molecular weight is 418 g/mol. The van der Waals surface area contributed by atoms with E-state index in [9.17, 15) is 0 Å². The van der Waals surface area contributed by atoms with Crippen molar-refractivity contribution >= 4 is 23.3 Å². The number of rotatable bonds is 4. The number of hydrogen-bond acceptors (Lipinski definition) is 1.